The number of halogens is 1. The fraction of sp³-hybridized carbons (Fsp3) is 0.200. The highest BCUT2D eigenvalue weighted by atomic mass is 32.2. The molecule has 0 atom stereocenters. The number of nitrogens with zero attached hydrogens (tertiary/aromatic N) is 2. The Balaban J connectivity index is 2.08. The third-order valence-corrected chi connectivity index (χ3v) is 6.51. The van der Waals surface area contributed by atoms with Gasteiger partial charge in [-0.3, -0.25) is 4.79 Å². The van der Waals surface area contributed by atoms with Crippen molar-refractivity contribution in [2.24, 2.45) is 0 Å². The smallest absolute Gasteiger partial charge is 0.254 e. The van der Waals surface area contributed by atoms with Crippen LogP contribution in [-0.2, 0) is 16.6 Å². The van der Waals surface area contributed by atoms with Crippen molar-refractivity contribution in [3.63, 3.8) is 0 Å². The van der Waals surface area contributed by atoms with Crippen molar-refractivity contribution < 1.29 is 17.6 Å². The lowest BCUT2D eigenvalue weighted by molar-refractivity contribution is 0.0947. The van der Waals surface area contributed by atoms with E-state index in [-0.39, 0.29) is 21.9 Å². The highest BCUT2D eigenvalue weighted by molar-refractivity contribution is 7.91. The average molecular weight is 367 g/mol. The maximum Gasteiger partial charge on any atom is 0.254 e. The van der Waals surface area contributed by atoms with Gasteiger partial charge in [0.25, 0.3) is 15.9 Å². The lowest BCUT2D eigenvalue weighted by Gasteiger charge is -2.08. The van der Waals surface area contributed by atoms with E-state index in [4.69, 9.17) is 5.26 Å². The van der Waals surface area contributed by atoms with Crippen LogP contribution in [0.1, 0.15) is 20.8 Å². The number of benzene rings is 1. The van der Waals surface area contributed by atoms with E-state index < -0.39 is 21.7 Å². The van der Waals surface area contributed by atoms with E-state index >= 15 is 0 Å². The normalized spacial score (nSPS) is 11.3. The largest absolute Gasteiger partial charge is 0.347 e. The highest BCUT2D eigenvalue weighted by Gasteiger charge is 2.20. The summed E-state index contributed by atoms with van der Waals surface area (Å²) in [6.45, 7) is 0.0753. The summed E-state index contributed by atoms with van der Waals surface area (Å²) in [6, 6.07) is 8.42. The van der Waals surface area contributed by atoms with Gasteiger partial charge in [-0.1, -0.05) is 0 Å². The number of nitrogens with one attached hydrogen (secondary N) is 1. The Hall–Kier alpha value is -2.28. The summed E-state index contributed by atoms with van der Waals surface area (Å²) in [5.74, 6) is -1.42. The zero-order valence-electron chi connectivity index (χ0n) is 12.9. The lowest BCUT2D eigenvalue weighted by Crippen LogP contribution is -2.23. The van der Waals surface area contributed by atoms with Crippen molar-refractivity contribution in [2.45, 2.75) is 10.8 Å². The molecule has 0 aliphatic rings. The molecular formula is C15H14FN3O3S2. The summed E-state index contributed by atoms with van der Waals surface area (Å²) in [7, 11) is -0.643. The molecule has 1 N–H and O–H groups in total. The van der Waals surface area contributed by atoms with Gasteiger partial charge in [-0.15, -0.1) is 11.3 Å². The Kier molecular flexibility index (Phi) is 5.33. The molecule has 0 aliphatic heterocycles. The highest BCUT2D eigenvalue weighted by Crippen LogP contribution is 2.23. The Morgan fingerprint density at radius 1 is 1.33 bits per heavy atom. The second-order valence-corrected chi connectivity index (χ2v) is 8.54. The van der Waals surface area contributed by atoms with Crippen LogP contribution in [0.4, 0.5) is 4.39 Å². The zero-order valence-corrected chi connectivity index (χ0v) is 14.5. The van der Waals surface area contributed by atoms with E-state index in [0.717, 1.165) is 21.7 Å². The molecule has 1 aromatic heterocycles. The fourth-order valence-corrected chi connectivity index (χ4v) is 4.27. The van der Waals surface area contributed by atoms with Crippen molar-refractivity contribution in [3.8, 4) is 6.07 Å². The molecule has 1 aromatic carbocycles. The average Bonchev–Trinajstić information content (AvgIpc) is 3.02. The third kappa shape index (κ3) is 3.79. The quantitative estimate of drug-likeness (QED) is 0.874. The van der Waals surface area contributed by atoms with Crippen LogP contribution in [-0.4, -0.2) is 32.7 Å². The minimum Gasteiger partial charge on any atom is -0.347 e. The Morgan fingerprint density at radius 3 is 2.62 bits per heavy atom. The van der Waals surface area contributed by atoms with Crippen molar-refractivity contribution >= 4 is 27.3 Å². The number of thiophene rings is 1. The molecule has 2 rings (SSSR count). The van der Waals surface area contributed by atoms with Crippen LogP contribution in [0.25, 0.3) is 0 Å². The summed E-state index contributed by atoms with van der Waals surface area (Å²) in [5.41, 5.74) is -0.0486. The first kappa shape index (κ1) is 18.1. The van der Waals surface area contributed by atoms with Crippen molar-refractivity contribution in [1.82, 2.24) is 9.62 Å². The van der Waals surface area contributed by atoms with Crippen LogP contribution in [0.2, 0.25) is 0 Å². The van der Waals surface area contributed by atoms with Gasteiger partial charge in [-0.25, -0.2) is 17.1 Å². The standard InChI is InChI=1S/C15H14FN3O3S2/c1-19(2)24(21,22)14-6-4-11(23-14)9-18-15(20)12-5-3-10(8-17)7-13(12)16/h3-7H,9H2,1-2H3,(H,18,20). The van der Waals surface area contributed by atoms with Crippen LogP contribution in [0.5, 0.6) is 0 Å². The maximum absolute atomic E-state index is 13.8. The number of hydrogen-bond donors (Lipinski definition) is 1. The van der Waals surface area contributed by atoms with Gasteiger partial charge in [0.05, 0.1) is 23.7 Å². The minimum atomic E-state index is -3.51. The summed E-state index contributed by atoms with van der Waals surface area (Å²) in [4.78, 5) is 12.6. The molecule has 0 fully saturated rings. The minimum absolute atomic E-state index is 0.0753. The first-order chi connectivity index (χ1) is 11.3. The molecule has 0 unspecified atom stereocenters. The monoisotopic (exact) mass is 367 g/mol. The van der Waals surface area contributed by atoms with Gasteiger partial charge in [0.1, 0.15) is 10.0 Å². The van der Waals surface area contributed by atoms with Crippen LogP contribution in [0.15, 0.2) is 34.5 Å². The molecule has 0 radical (unpaired) electrons. The summed E-state index contributed by atoms with van der Waals surface area (Å²) in [5, 5.41) is 11.2. The number of hydrogen-bond acceptors (Lipinski definition) is 5. The molecule has 1 heterocycles. The molecule has 0 saturated heterocycles. The van der Waals surface area contributed by atoms with E-state index in [1.807, 2.05) is 0 Å². The third-order valence-electron chi connectivity index (χ3n) is 3.14. The Morgan fingerprint density at radius 2 is 2.04 bits per heavy atom. The van der Waals surface area contributed by atoms with E-state index in [1.165, 1.54) is 32.3 Å². The maximum atomic E-state index is 13.8. The second kappa shape index (κ2) is 7.09. The number of nitriles is 1. The number of sulfonamides is 1. The summed E-state index contributed by atoms with van der Waals surface area (Å²) in [6.07, 6.45) is 0. The van der Waals surface area contributed by atoms with Gasteiger partial charge < -0.3 is 5.32 Å². The number of carbonyl (C=O) groups is 1. The van der Waals surface area contributed by atoms with Gasteiger partial charge in [-0.05, 0) is 30.3 Å². The molecule has 0 bridgehead atoms. The second-order valence-electron chi connectivity index (χ2n) is 5.00. The molecule has 126 valence electrons. The first-order valence-electron chi connectivity index (χ1n) is 6.75. The van der Waals surface area contributed by atoms with E-state index in [0.29, 0.717) is 4.88 Å². The number of carbonyl (C=O) groups excluding carboxylic acids is 1. The Labute approximate surface area is 143 Å². The van der Waals surface area contributed by atoms with Gasteiger partial charge in [0.15, 0.2) is 0 Å². The van der Waals surface area contributed by atoms with Crippen LogP contribution < -0.4 is 5.32 Å². The van der Waals surface area contributed by atoms with Gasteiger partial charge in [0, 0.05) is 19.0 Å². The van der Waals surface area contributed by atoms with E-state index in [2.05, 4.69) is 5.32 Å². The molecule has 6 nitrogen and oxygen atoms in total. The molecule has 0 saturated carbocycles. The summed E-state index contributed by atoms with van der Waals surface area (Å²) >= 11 is 1.03. The van der Waals surface area contributed by atoms with Gasteiger partial charge >= 0.3 is 0 Å². The molecule has 24 heavy (non-hydrogen) atoms. The predicted octanol–water partition coefficient (Wildman–Crippen LogP) is 1.94. The number of amides is 1. The van der Waals surface area contributed by atoms with Crippen LogP contribution >= 0.6 is 11.3 Å². The molecule has 0 aliphatic carbocycles. The van der Waals surface area contributed by atoms with E-state index in [1.54, 1.807) is 12.1 Å². The zero-order chi connectivity index (χ0) is 17.9. The lowest BCUT2D eigenvalue weighted by atomic mass is 10.1. The molecule has 9 heteroatoms. The SMILES string of the molecule is CN(C)S(=O)(=O)c1ccc(CNC(=O)c2ccc(C#N)cc2F)s1. The van der Waals surface area contributed by atoms with Gasteiger partial charge in [-0.2, -0.15) is 5.26 Å². The molecule has 1 amide bonds. The molecular weight excluding hydrogens is 353 g/mol. The van der Waals surface area contributed by atoms with Crippen molar-refractivity contribution in [2.75, 3.05) is 14.1 Å². The van der Waals surface area contributed by atoms with Crippen LogP contribution in [0.3, 0.4) is 0 Å². The van der Waals surface area contributed by atoms with Crippen molar-refractivity contribution in [3.05, 3.63) is 52.2 Å². The molecule has 0 spiro atoms. The summed E-state index contributed by atoms with van der Waals surface area (Å²) < 4.78 is 39.0. The number of rotatable bonds is 5. The fourth-order valence-electron chi connectivity index (χ4n) is 1.80. The first-order valence-corrected chi connectivity index (χ1v) is 9.00. The van der Waals surface area contributed by atoms with Crippen molar-refractivity contribution in [1.29, 1.82) is 5.26 Å². The Bertz CT molecular complexity index is 914. The van der Waals surface area contributed by atoms with Gasteiger partial charge in [0.2, 0.25) is 0 Å². The predicted molar refractivity (Wildman–Crippen MR) is 87.5 cm³/mol. The molecule has 2 aromatic rings. The van der Waals surface area contributed by atoms with Crippen LogP contribution in [0, 0.1) is 17.1 Å². The van der Waals surface area contributed by atoms with E-state index in [9.17, 15) is 17.6 Å². The topological polar surface area (TPSA) is 90.3 Å².